The van der Waals surface area contributed by atoms with Crippen LogP contribution in [0.4, 0.5) is 5.69 Å². The number of amides is 2. The Bertz CT molecular complexity index is 1220. The highest BCUT2D eigenvalue weighted by Gasteiger charge is 2.42. The number of anilines is 1. The Balaban J connectivity index is 1.47. The van der Waals surface area contributed by atoms with E-state index in [-0.39, 0.29) is 29.8 Å². The van der Waals surface area contributed by atoms with Crippen LogP contribution in [0, 0.1) is 0 Å². The number of furan rings is 1. The molecule has 0 saturated carbocycles. The number of carbonyl (C=O) groups excluding carboxylic acids is 2. The van der Waals surface area contributed by atoms with E-state index >= 15 is 0 Å². The molecule has 0 bridgehead atoms. The zero-order valence-corrected chi connectivity index (χ0v) is 17.3. The van der Waals surface area contributed by atoms with Gasteiger partial charge in [-0.3, -0.25) is 9.59 Å². The van der Waals surface area contributed by atoms with Gasteiger partial charge in [-0.25, -0.2) is 8.42 Å². The molecule has 154 valence electrons. The molecule has 4 heterocycles. The molecule has 5 rings (SSSR count). The van der Waals surface area contributed by atoms with Gasteiger partial charge in [-0.1, -0.05) is 6.07 Å². The average Bonchev–Trinajstić information content (AvgIpc) is 3.46. The number of piperazine rings is 1. The average molecular weight is 444 g/mol. The first-order valence-electron chi connectivity index (χ1n) is 9.28. The molecule has 1 atom stereocenters. The van der Waals surface area contributed by atoms with Crippen molar-refractivity contribution in [1.82, 2.24) is 9.21 Å². The van der Waals surface area contributed by atoms with E-state index in [1.54, 1.807) is 48.0 Å². The van der Waals surface area contributed by atoms with Gasteiger partial charge in [0.25, 0.3) is 15.9 Å². The van der Waals surface area contributed by atoms with Crippen LogP contribution < -0.4 is 5.32 Å². The summed E-state index contributed by atoms with van der Waals surface area (Å²) in [5.41, 5.74) is 1.48. The minimum absolute atomic E-state index is 0.0865. The van der Waals surface area contributed by atoms with Crippen LogP contribution >= 0.6 is 11.3 Å². The van der Waals surface area contributed by atoms with Gasteiger partial charge in [0.2, 0.25) is 5.91 Å². The fourth-order valence-corrected chi connectivity index (χ4v) is 6.36. The summed E-state index contributed by atoms with van der Waals surface area (Å²) < 4.78 is 32.7. The van der Waals surface area contributed by atoms with Gasteiger partial charge in [0.15, 0.2) is 0 Å². The lowest BCUT2D eigenvalue weighted by molar-refractivity contribution is -0.121. The number of thiophene rings is 1. The topological polar surface area (TPSA) is 99.9 Å². The van der Waals surface area contributed by atoms with Gasteiger partial charge in [0, 0.05) is 25.2 Å². The number of nitrogens with one attached hydrogen (secondary N) is 1. The molecule has 1 fully saturated rings. The van der Waals surface area contributed by atoms with Crippen molar-refractivity contribution in [3.05, 3.63) is 59.7 Å². The molecule has 2 aliphatic heterocycles. The molecule has 0 aliphatic carbocycles. The van der Waals surface area contributed by atoms with E-state index in [1.165, 1.54) is 15.3 Å². The molecule has 2 aliphatic rings. The van der Waals surface area contributed by atoms with Crippen LogP contribution in [-0.4, -0.2) is 55.1 Å². The summed E-state index contributed by atoms with van der Waals surface area (Å²) in [6.07, 6.45) is 1.55. The van der Waals surface area contributed by atoms with E-state index in [0.717, 1.165) is 16.9 Å². The Hall–Kier alpha value is -2.95. The van der Waals surface area contributed by atoms with Crippen molar-refractivity contribution in [3.8, 4) is 11.3 Å². The number of rotatable bonds is 3. The Morgan fingerprint density at radius 1 is 1.10 bits per heavy atom. The van der Waals surface area contributed by atoms with Gasteiger partial charge in [0.05, 0.1) is 17.5 Å². The Kier molecular flexibility index (Phi) is 4.49. The van der Waals surface area contributed by atoms with Crippen molar-refractivity contribution in [2.75, 3.05) is 25.0 Å². The minimum atomic E-state index is -3.70. The van der Waals surface area contributed by atoms with Crippen LogP contribution in [0.2, 0.25) is 0 Å². The normalized spacial score (nSPS) is 19.7. The molecule has 8 nitrogen and oxygen atoms in total. The highest BCUT2D eigenvalue weighted by atomic mass is 32.2. The number of fused-ring (bicyclic) bond motifs is 2. The molecule has 0 unspecified atom stereocenters. The highest BCUT2D eigenvalue weighted by molar-refractivity contribution is 7.91. The molecule has 1 aromatic carbocycles. The van der Waals surface area contributed by atoms with Crippen molar-refractivity contribution in [3.63, 3.8) is 0 Å². The number of sulfonamides is 1. The molecule has 1 saturated heterocycles. The Labute approximate surface area is 176 Å². The van der Waals surface area contributed by atoms with E-state index in [9.17, 15) is 18.0 Å². The van der Waals surface area contributed by atoms with E-state index in [1.807, 2.05) is 0 Å². The van der Waals surface area contributed by atoms with Crippen molar-refractivity contribution in [2.45, 2.75) is 10.3 Å². The maximum Gasteiger partial charge on any atom is 0.256 e. The molecule has 2 amide bonds. The second-order valence-corrected chi connectivity index (χ2v) is 10.1. The summed E-state index contributed by atoms with van der Waals surface area (Å²) in [6, 6.07) is 11.0. The number of hydrogen-bond donors (Lipinski definition) is 1. The third-order valence-corrected chi connectivity index (χ3v) is 8.55. The van der Waals surface area contributed by atoms with E-state index in [0.29, 0.717) is 17.0 Å². The number of benzene rings is 1. The van der Waals surface area contributed by atoms with Crippen LogP contribution in [0.5, 0.6) is 0 Å². The standard InChI is InChI=1S/C20H17N3O5S2/c24-19-16-12-22(30(26,27)18-4-2-10-29-18)7-8-23(16)20(25)14-11-13(5-6-15(14)21-19)17-3-1-9-28-17/h1-6,9-11,16H,7-8,12H2,(H,21,24)/t16-/m0/s1. The number of carbonyl (C=O) groups is 2. The molecular weight excluding hydrogens is 426 g/mol. The largest absolute Gasteiger partial charge is 0.464 e. The molecule has 10 heteroatoms. The molecule has 30 heavy (non-hydrogen) atoms. The summed E-state index contributed by atoms with van der Waals surface area (Å²) in [5, 5.41) is 4.47. The zero-order valence-electron chi connectivity index (χ0n) is 15.6. The number of nitrogens with zero attached hydrogens (tertiary/aromatic N) is 2. The maximum atomic E-state index is 13.3. The summed E-state index contributed by atoms with van der Waals surface area (Å²) >= 11 is 1.13. The first-order valence-corrected chi connectivity index (χ1v) is 11.6. The molecule has 0 spiro atoms. The van der Waals surface area contributed by atoms with Gasteiger partial charge in [-0.15, -0.1) is 11.3 Å². The maximum absolute atomic E-state index is 13.3. The monoisotopic (exact) mass is 443 g/mol. The van der Waals surface area contributed by atoms with Crippen molar-refractivity contribution in [2.24, 2.45) is 0 Å². The van der Waals surface area contributed by atoms with Gasteiger partial charge in [-0.2, -0.15) is 4.31 Å². The molecular formula is C20H17N3O5S2. The molecule has 2 aromatic heterocycles. The highest BCUT2D eigenvalue weighted by Crippen LogP contribution is 2.31. The first-order chi connectivity index (χ1) is 14.4. The predicted molar refractivity (Wildman–Crippen MR) is 111 cm³/mol. The zero-order chi connectivity index (χ0) is 20.9. The molecule has 3 aromatic rings. The Morgan fingerprint density at radius 2 is 1.97 bits per heavy atom. The lowest BCUT2D eigenvalue weighted by Gasteiger charge is -2.38. The predicted octanol–water partition coefficient (Wildman–Crippen LogP) is 2.48. The lowest BCUT2D eigenvalue weighted by atomic mass is 10.1. The summed E-state index contributed by atoms with van der Waals surface area (Å²) in [4.78, 5) is 27.6. The second kappa shape index (κ2) is 7.08. The summed E-state index contributed by atoms with van der Waals surface area (Å²) in [7, 11) is -3.70. The Morgan fingerprint density at radius 3 is 2.70 bits per heavy atom. The van der Waals surface area contributed by atoms with Crippen LogP contribution in [0.25, 0.3) is 11.3 Å². The third kappa shape index (κ3) is 3.04. The molecule has 1 N–H and O–H groups in total. The van der Waals surface area contributed by atoms with Crippen LogP contribution in [0.1, 0.15) is 10.4 Å². The van der Waals surface area contributed by atoms with Crippen LogP contribution in [0.3, 0.4) is 0 Å². The minimum Gasteiger partial charge on any atom is -0.464 e. The molecule has 0 radical (unpaired) electrons. The first kappa shape index (κ1) is 19.0. The fraction of sp³-hybridized carbons (Fsp3) is 0.200. The SMILES string of the molecule is O=C1Nc2ccc(-c3ccco3)cc2C(=O)N2CCN(S(=O)(=O)c3cccs3)C[C@@H]12. The third-order valence-electron chi connectivity index (χ3n) is 5.31. The van der Waals surface area contributed by atoms with Crippen LogP contribution in [0.15, 0.2) is 62.7 Å². The summed E-state index contributed by atoms with van der Waals surface area (Å²) in [5.74, 6) is -0.0987. The van der Waals surface area contributed by atoms with Gasteiger partial charge < -0.3 is 14.6 Å². The van der Waals surface area contributed by atoms with Crippen molar-refractivity contribution in [1.29, 1.82) is 0 Å². The van der Waals surface area contributed by atoms with Gasteiger partial charge in [-0.05, 0) is 41.8 Å². The van der Waals surface area contributed by atoms with Gasteiger partial charge in [0.1, 0.15) is 16.0 Å². The van der Waals surface area contributed by atoms with Crippen molar-refractivity contribution >= 4 is 38.9 Å². The van der Waals surface area contributed by atoms with Gasteiger partial charge >= 0.3 is 0 Å². The lowest BCUT2D eigenvalue weighted by Crippen LogP contribution is -2.59. The summed E-state index contributed by atoms with van der Waals surface area (Å²) in [6.45, 7) is 0.172. The number of hydrogen-bond acceptors (Lipinski definition) is 6. The fourth-order valence-electron chi connectivity index (χ4n) is 3.78. The smallest absolute Gasteiger partial charge is 0.256 e. The van der Waals surface area contributed by atoms with E-state index in [4.69, 9.17) is 4.42 Å². The van der Waals surface area contributed by atoms with Crippen molar-refractivity contribution < 1.29 is 22.4 Å². The quantitative estimate of drug-likeness (QED) is 0.670. The van der Waals surface area contributed by atoms with Crippen LogP contribution in [-0.2, 0) is 14.8 Å². The second-order valence-electron chi connectivity index (χ2n) is 7.04. The van der Waals surface area contributed by atoms with E-state index < -0.39 is 22.0 Å². The van der Waals surface area contributed by atoms with E-state index in [2.05, 4.69) is 5.32 Å².